The van der Waals surface area contributed by atoms with Gasteiger partial charge < -0.3 is 14.6 Å². The summed E-state index contributed by atoms with van der Waals surface area (Å²) in [7, 11) is 4.98. The van der Waals surface area contributed by atoms with Crippen molar-refractivity contribution in [2.45, 2.75) is 6.92 Å². The second-order valence-electron chi connectivity index (χ2n) is 1.86. The van der Waals surface area contributed by atoms with Crippen LogP contribution in [0.15, 0.2) is 4.90 Å². The predicted molar refractivity (Wildman–Crippen MR) is 39.3 cm³/mol. The molecular weight excluding hydrogens is 115 g/mol. The van der Waals surface area contributed by atoms with Crippen LogP contribution in [-0.4, -0.2) is 38.4 Å². The molecule has 0 spiro atoms. The van der Waals surface area contributed by atoms with Crippen molar-refractivity contribution >= 4 is 19.4 Å². The maximum absolute atomic E-state index is 9.75. The number of carbonyl (C=O) groups excluding carboxylic acids is 1. The number of amidine groups is 1. The van der Waals surface area contributed by atoms with Gasteiger partial charge in [0.2, 0.25) is 0 Å². The monoisotopic (exact) mass is 125 g/mol. The Kier molecular flexibility index (Phi) is 3.76. The molecule has 1 radical (unpaired) electrons. The molecule has 0 atom stereocenters. The lowest BCUT2D eigenvalue weighted by molar-refractivity contribution is 0.568. The highest BCUT2D eigenvalue weighted by molar-refractivity contribution is 6.66. The van der Waals surface area contributed by atoms with Crippen molar-refractivity contribution in [3.63, 3.8) is 0 Å². The van der Waals surface area contributed by atoms with Crippen molar-refractivity contribution in [2.24, 2.45) is 4.90 Å². The minimum atomic E-state index is 0.660. The zero-order valence-corrected chi connectivity index (χ0v) is 5.96. The van der Waals surface area contributed by atoms with Crippen LogP contribution in [-0.2, 0) is 4.79 Å². The van der Waals surface area contributed by atoms with Crippen LogP contribution >= 0.6 is 0 Å². The Labute approximate surface area is 56.0 Å². The van der Waals surface area contributed by atoms with E-state index in [1.807, 2.05) is 25.9 Å². The summed E-state index contributed by atoms with van der Waals surface area (Å²) >= 11 is 0. The van der Waals surface area contributed by atoms with Crippen LogP contribution in [0.1, 0.15) is 6.92 Å². The van der Waals surface area contributed by atoms with Crippen LogP contribution in [0.3, 0.4) is 0 Å². The minimum absolute atomic E-state index is 0.660. The summed E-state index contributed by atoms with van der Waals surface area (Å²) in [5.74, 6) is 0.821. The number of hydrogen-bond donors (Lipinski definition) is 0. The van der Waals surface area contributed by atoms with Gasteiger partial charge in [0.1, 0.15) is 6.19 Å². The van der Waals surface area contributed by atoms with Crippen molar-refractivity contribution in [3.05, 3.63) is 0 Å². The topological polar surface area (TPSA) is 32.7 Å². The van der Waals surface area contributed by atoms with Gasteiger partial charge in [-0.05, 0) is 6.92 Å². The molecule has 0 aliphatic carbocycles. The van der Waals surface area contributed by atoms with E-state index in [1.165, 1.54) is 7.41 Å². The average Bonchev–Trinajstić information content (AvgIpc) is 1.82. The standard InChI is InChI=1S/C5H10BN2O/c1-5(8(2)3)7-6-4-9/h4H,1-3H3. The summed E-state index contributed by atoms with van der Waals surface area (Å²) in [5.41, 5.74) is 0. The first-order valence-corrected chi connectivity index (χ1v) is 2.67. The highest BCUT2D eigenvalue weighted by Crippen LogP contribution is 1.78. The third-order valence-corrected chi connectivity index (χ3v) is 0.969. The van der Waals surface area contributed by atoms with Gasteiger partial charge in [0.15, 0.2) is 0 Å². The van der Waals surface area contributed by atoms with E-state index in [2.05, 4.69) is 4.90 Å². The van der Waals surface area contributed by atoms with Crippen LogP contribution in [0.2, 0.25) is 0 Å². The lowest BCUT2D eigenvalue weighted by atomic mass is 10.0. The number of carbonyl (C=O) groups is 1. The normalized spacial score (nSPS) is 10.8. The van der Waals surface area contributed by atoms with Gasteiger partial charge in [-0.3, -0.25) is 0 Å². The lowest BCUT2D eigenvalue weighted by Gasteiger charge is -2.09. The van der Waals surface area contributed by atoms with E-state index in [-0.39, 0.29) is 0 Å². The Balaban J connectivity index is 3.68. The highest BCUT2D eigenvalue weighted by Gasteiger charge is 1.90. The first-order valence-electron chi connectivity index (χ1n) is 2.67. The molecule has 0 aromatic rings. The maximum atomic E-state index is 9.75. The van der Waals surface area contributed by atoms with Crippen LogP contribution in [0.5, 0.6) is 0 Å². The Hall–Kier alpha value is -0.795. The van der Waals surface area contributed by atoms with Gasteiger partial charge >= 0.3 is 7.41 Å². The molecule has 0 aromatic heterocycles. The summed E-state index contributed by atoms with van der Waals surface area (Å²) in [6.45, 7) is 1.83. The number of rotatable bonds is 2. The smallest absolute Gasteiger partial charge is 0.355 e. The second-order valence-corrected chi connectivity index (χ2v) is 1.86. The highest BCUT2D eigenvalue weighted by atomic mass is 16.1. The molecule has 0 amide bonds. The van der Waals surface area contributed by atoms with Crippen molar-refractivity contribution in [1.82, 2.24) is 4.90 Å². The molecule has 0 aliphatic rings. The second kappa shape index (κ2) is 4.12. The summed E-state index contributed by atoms with van der Waals surface area (Å²) in [4.78, 5) is 15.4. The quantitative estimate of drug-likeness (QED) is 0.221. The van der Waals surface area contributed by atoms with E-state index in [0.29, 0.717) is 6.19 Å². The molecule has 0 saturated heterocycles. The molecule has 0 bridgehead atoms. The fourth-order valence-corrected chi connectivity index (χ4v) is 0.254. The van der Waals surface area contributed by atoms with Gasteiger partial charge in [0.05, 0.1) is 5.84 Å². The molecule has 3 nitrogen and oxygen atoms in total. The van der Waals surface area contributed by atoms with Gasteiger partial charge in [0.25, 0.3) is 0 Å². The molecule has 49 valence electrons. The molecule has 0 unspecified atom stereocenters. The van der Waals surface area contributed by atoms with E-state index in [0.717, 1.165) is 5.84 Å². The molecule has 9 heavy (non-hydrogen) atoms. The van der Waals surface area contributed by atoms with Crippen LogP contribution in [0.25, 0.3) is 0 Å². The molecule has 0 N–H and O–H groups in total. The van der Waals surface area contributed by atoms with Gasteiger partial charge in [-0.15, -0.1) is 0 Å². The summed E-state index contributed by atoms with van der Waals surface area (Å²) in [6, 6.07) is 0. The van der Waals surface area contributed by atoms with Crippen molar-refractivity contribution < 1.29 is 4.79 Å². The Morgan fingerprint density at radius 1 is 1.67 bits per heavy atom. The van der Waals surface area contributed by atoms with Crippen LogP contribution < -0.4 is 0 Å². The molecule has 0 heterocycles. The van der Waals surface area contributed by atoms with Crippen LogP contribution in [0.4, 0.5) is 0 Å². The van der Waals surface area contributed by atoms with Crippen molar-refractivity contribution in [2.75, 3.05) is 14.1 Å². The molecule has 0 fully saturated rings. The van der Waals surface area contributed by atoms with E-state index >= 15 is 0 Å². The van der Waals surface area contributed by atoms with Crippen LogP contribution in [0, 0.1) is 0 Å². The SMILES string of the molecule is CC(=N[B]C=O)N(C)C. The molecule has 0 aromatic carbocycles. The maximum Gasteiger partial charge on any atom is 0.355 e. The van der Waals surface area contributed by atoms with E-state index in [1.54, 1.807) is 0 Å². The zero-order chi connectivity index (χ0) is 7.28. The van der Waals surface area contributed by atoms with Gasteiger partial charge in [-0.25, -0.2) is 0 Å². The summed E-state index contributed by atoms with van der Waals surface area (Å²) in [5, 5.41) is 0. The summed E-state index contributed by atoms with van der Waals surface area (Å²) < 4.78 is 0. The lowest BCUT2D eigenvalue weighted by Crippen LogP contribution is -2.19. The first-order chi connectivity index (χ1) is 4.18. The molecule has 0 aliphatic heterocycles. The Morgan fingerprint density at radius 2 is 2.22 bits per heavy atom. The first kappa shape index (κ1) is 8.20. The molecule has 4 heteroatoms. The van der Waals surface area contributed by atoms with Gasteiger partial charge in [-0.2, -0.15) is 0 Å². The molecule has 0 rings (SSSR count). The fraction of sp³-hybridized carbons (Fsp3) is 0.600. The number of hydrogen-bond acceptors (Lipinski definition) is 2. The predicted octanol–water partition coefficient (Wildman–Crippen LogP) is -0.224. The zero-order valence-electron chi connectivity index (χ0n) is 5.96. The average molecular weight is 125 g/mol. The van der Waals surface area contributed by atoms with Crippen molar-refractivity contribution in [1.29, 1.82) is 0 Å². The van der Waals surface area contributed by atoms with Crippen molar-refractivity contribution in [3.8, 4) is 0 Å². The Bertz CT molecular complexity index is 122. The Morgan fingerprint density at radius 3 is 2.56 bits per heavy atom. The third kappa shape index (κ3) is 3.76. The van der Waals surface area contributed by atoms with E-state index in [9.17, 15) is 4.79 Å². The van der Waals surface area contributed by atoms with E-state index in [4.69, 9.17) is 0 Å². The third-order valence-electron chi connectivity index (χ3n) is 0.969. The van der Waals surface area contributed by atoms with Gasteiger partial charge in [0, 0.05) is 14.1 Å². The fourth-order valence-electron chi connectivity index (χ4n) is 0.254. The van der Waals surface area contributed by atoms with Gasteiger partial charge in [-0.1, -0.05) is 0 Å². The number of nitrogens with zero attached hydrogens (tertiary/aromatic N) is 2. The minimum Gasteiger partial charge on any atom is -0.368 e. The summed E-state index contributed by atoms with van der Waals surface area (Å²) in [6.07, 6.45) is 0.660. The molecular formula is C5H10BN2O. The molecule has 0 saturated carbocycles. The largest absolute Gasteiger partial charge is 0.368 e. The van der Waals surface area contributed by atoms with E-state index < -0.39 is 0 Å².